The van der Waals surface area contributed by atoms with Gasteiger partial charge in [0.25, 0.3) is 0 Å². The molecule has 4 heteroatoms. The van der Waals surface area contributed by atoms with E-state index in [4.69, 9.17) is 0 Å². The van der Waals surface area contributed by atoms with Crippen LogP contribution < -0.4 is 0 Å². The monoisotopic (exact) mass is 232 g/mol. The van der Waals surface area contributed by atoms with Crippen molar-refractivity contribution in [1.29, 1.82) is 0 Å². The van der Waals surface area contributed by atoms with Gasteiger partial charge in [0.15, 0.2) is 0 Å². The van der Waals surface area contributed by atoms with Crippen molar-refractivity contribution in [3.05, 3.63) is 35.3 Å². The molecule has 1 amide bonds. The highest BCUT2D eigenvalue weighted by atomic mass is 19.1. The van der Waals surface area contributed by atoms with Gasteiger partial charge in [-0.15, -0.1) is 0 Å². The Labute approximate surface area is 98.2 Å². The van der Waals surface area contributed by atoms with E-state index in [1.54, 1.807) is 24.0 Å². The number of aromatic nitrogens is 1. The van der Waals surface area contributed by atoms with Crippen molar-refractivity contribution < 1.29 is 9.18 Å². The van der Waals surface area contributed by atoms with Gasteiger partial charge >= 0.3 is 0 Å². The minimum absolute atomic E-state index is 0.0838. The second-order valence-electron chi connectivity index (χ2n) is 4.46. The Morgan fingerprint density at radius 3 is 3.06 bits per heavy atom. The van der Waals surface area contributed by atoms with E-state index in [1.807, 2.05) is 0 Å². The minimum Gasteiger partial charge on any atom is -0.357 e. The molecule has 17 heavy (non-hydrogen) atoms. The lowest BCUT2D eigenvalue weighted by molar-refractivity contribution is -0.129. The highest BCUT2D eigenvalue weighted by Crippen LogP contribution is 2.28. The summed E-state index contributed by atoms with van der Waals surface area (Å²) in [6, 6.07) is 4.77. The first kappa shape index (κ1) is 10.3. The number of carbonyl (C=O) groups excluding carboxylic acids is 1. The first-order valence-corrected chi connectivity index (χ1v) is 5.69. The average Bonchev–Trinajstić information content (AvgIpc) is 2.66. The van der Waals surface area contributed by atoms with E-state index in [1.165, 1.54) is 6.07 Å². The van der Waals surface area contributed by atoms with Crippen molar-refractivity contribution in [3.63, 3.8) is 0 Å². The maximum atomic E-state index is 13.2. The summed E-state index contributed by atoms with van der Waals surface area (Å²) in [6.07, 6.45) is 0.790. The zero-order chi connectivity index (χ0) is 12.0. The number of H-pyrrole nitrogens is 1. The van der Waals surface area contributed by atoms with E-state index in [-0.39, 0.29) is 11.7 Å². The predicted octanol–water partition coefficient (Wildman–Crippen LogP) is 2.21. The lowest BCUT2D eigenvalue weighted by Crippen LogP contribution is -2.34. The number of carbonyl (C=O) groups is 1. The molecule has 0 fully saturated rings. The molecule has 0 saturated carbocycles. The zero-order valence-electron chi connectivity index (χ0n) is 9.59. The Morgan fingerprint density at radius 2 is 2.29 bits per heavy atom. The van der Waals surface area contributed by atoms with E-state index >= 15 is 0 Å². The quantitative estimate of drug-likeness (QED) is 0.742. The molecule has 0 spiro atoms. The molecule has 88 valence electrons. The Bertz CT molecular complexity index is 603. The molecule has 3 rings (SSSR count). The second-order valence-corrected chi connectivity index (χ2v) is 4.46. The third kappa shape index (κ3) is 1.60. The van der Waals surface area contributed by atoms with Crippen LogP contribution in [-0.2, 0) is 17.8 Å². The third-order valence-corrected chi connectivity index (χ3v) is 3.38. The molecule has 1 aromatic carbocycles. The van der Waals surface area contributed by atoms with Crippen molar-refractivity contribution in [2.45, 2.75) is 19.9 Å². The molecule has 0 atom stereocenters. The standard InChI is InChI=1S/C13H13FN2O/c1-8(17)16-5-4-10-11-6-9(14)2-3-12(11)15-13(10)7-16/h2-3,6,15H,4-5,7H2,1H3. The van der Waals surface area contributed by atoms with Crippen LogP contribution in [0.5, 0.6) is 0 Å². The number of nitrogens with one attached hydrogen (secondary N) is 1. The highest BCUT2D eigenvalue weighted by molar-refractivity contribution is 5.85. The summed E-state index contributed by atoms with van der Waals surface area (Å²) in [4.78, 5) is 16.4. The van der Waals surface area contributed by atoms with Crippen LogP contribution in [0.25, 0.3) is 10.9 Å². The lowest BCUT2D eigenvalue weighted by atomic mass is 10.0. The SMILES string of the molecule is CC(=O)N1CCc2c([nH]c3ccc(F)cc23)C1. The summed E-state index contributed by atoms with van der Waals surface area (Å²) in [5.41, 5.74) is 3.13. The van der Waals surface area contributed by atoms with Gasteiger partial charge in [-0.05, 0) is 30.2 Å². The van der Waals surface area contributed by atoms with Gasteiger partial charge in [0.1, 0.15) is 5.82 Å². The van der Waals surface area contributed by atoms with E-state index in [2.05, 4.69) is 4.98 Å². The van der Waals surface area contributed by atoms with Gasteiger partial charge in [0, 0.05) is 30.1 Å². The number of halogens is 1. The van der Waals surface area contributed by atoms with Crippen LogP contribution in [0.3, 0.4) is 0 Å². The van der Waals surface area contributed by atoms with E-state index in [9.17, 15) is 9.18 Å². The normalized spacial score (nSPS) is 15.1. The molecular weight excluding hydrogens is 219 g/mol. The molecule has 1 aliphatic heterocycles. The van der Waals surface area contributed by atoms with Gasteiger partial charge in [-0.25, -0.2) is 4.39 Å². The molecule has 3 nitrogen and oxygen atoms in total. The van der Waals surface area contributed by atoms with Crippen molar-refractivity contribution in [1.82, 2.24) is 9.88 Å². The number of hydrogen-bond donors (Lipinski definition) is 1. The maximum Gasteiger partial charge on any atom is 0.219 e. The summed E-state index contributed by atoms with van der Waals surface area (Å²) in [7, 11) is 0. The molecule has 0 bridgehead atoms. The minimum atomic E-state index is -0.215. The van der Waals surface area contributed by atoms with Crippen molar-refractivity contribution in [2.24, 2.45) is 0 Å². The number of aromatic amines is 1. The summed E-state index contributed by atoms with van der Waals surface area (Å²) in [5, 5.41) is 0.947. The maximum absolute atomic E-state index is 13.2. The Balaban J connectivity index is 2.10. The van der Waals surface area contributed by atoms with Gasteiger partial charge in [-0.2, -0.15) is 0 Å². The second kappa shape index (κ2) is 3.58. The molecular formula is C13H13FN2O. The lowest BCUT2D eigenvalue weighted by Gasteiger charge is -2.25. The van der Waals surface area contributed by atoms with Crippen LogP contribution in [-0.4, -0.2) is 22.3 Å². The third-order valence-electron chi connectivity index (χ3n) is 3.38. The Morgan fingerprint density at radius 1 is 1.47 bits per heavy atom. The number of nitrogens with zero attached hydrogens (tertiary/aromatic N) is 1. The summed E-state index contributed by atoms with van der Waals surface area (Å²) in [5.74, 6) is -0.131. The number of amides is 1. The van der Waals surface area contributed by atoms with Crippen LogP contribution in [0.2, 0.25) is 0 Å². The average molecular weight is 232 g/mol. The Hall–Kier alpha value is -1.84. The van der Waals surface area contributed by atoms with Gasteiger partial charge in [0.2, 0.25) is 5.91 Å². The summed E-state index contributed by atoms with van der Waals surface area (Å²) < 4.78 is 13.2. The molecule has 0 aliphatic carbocycles. The fourth-order valence-electron chi connectivity index (χ4n) is 2.48. The van der Waals surface area contributed by atoms with E-state index in [0.717, 1.165) is 28.6 Å². The molecule has 0 radical (unpaired) electrons. The molecule has 1 aromatic heterocycles. The number of fused-ring (bicyclic) bond motifs is 3. The first-order chi connectivity index (χ1) is 8.15. The largest absolute Gasteiger partial charge is 0.357 e. The van der Waals surface area contributed by atoms with Crippen LogP contribution in [0.1, 0.15) is 18.2 Å². The first-order valence-electron chi connectivity index (χ1n) is 5.69. The van der Waals surface area contributed by atoms with Gasteiger partial charge in [-0.1, -0.05) is 0 Å². The van der Waals surface area contributed by atoms with Crippen molar-refractivity contribution in [2.75, 3.05) is 6.54 Å². The van der Waals surface area contributed by atoms with Crippen LogP contribution >= 0.6 is 0 Å². The van der Waals surface area contributed by atoms with Gasteiger partial charge < -0.3 is 9.88 Å². The fourth-order valence-corrected chi connectivity index (χ4v) is 2.48. The number of hydrogen-bond acceptors (Lipinski definition) is 1. The van der Waals surface area contributed by atoms with Crippen molar-refractivity contribution >= 4 is 16.8 Å². The molecule has 1 N–H and O–H groups in total. The molecule has 2 aromatic rings. The molecule has 1 aliphatic rings. The van der Waals surface area contributed by atoms with Crippen LogP contribution in [0, 0.1) is 5.82 Å². The topological polar surface area (TPSA) is 36.1 Å². The zero-order valence-corrected chi connectivity index (χ0v) is 9.59. The van der Waals surface area contributed by atoms with Crippen molar-refractivity contribution in [3.8, 4) is 0 Å². The van der Waals surface area contributed by atoms with Crippen LogP contribution in [0.4, 0.5) is 4.39 Å². The Kier molecular flexibility index (Phi) is 2.18. The number of rotatable bonds is 0. The fraction of sp³-hybridized carbons (Fsp3) is 0.308. The number of benzene rings is 1. The smallest absolute Gasteiger partial charge is 0.219 e. The molecule has 2 heterocycles. The van der Waals surface area contributed by atoms with E-state index in [0.29, 0.717) is 13.1 Å². The van der Waals surface area contributed by atoms with E-state index < -0.39 is 0 Å². The summed E-state index contributed by atoms with van der Waals surface area (Å²) in [6.45, 7) is 2.89. The van der Waals surface area contributed by atoms with Crippen LogP contribution in [0.15, 0.2) is 18.2 Å². The molecule has 0 unspecified atom stereocenters. The molecule has 0 saturated heterocycles. The highest BCUT2D eigenvalue weighted by Gasteiger charge is 2.21. The van der Waals surface area contributed by atoms with Gasteiger partial charge in [0.05, 0.1) is 6.54 Å². The summed E-state index contributed by atoms with van der Waals surface area (Å²) >= 11 is 0. The predicted molar refractivity (Wildman–Crippen MR) is 63.1 cm³/mol. The van der Waals surface area contributed by atoms with Gasteiger partial charge in [-0.3, -0.25) is 4.79 Å².